The Bertz CT molecular complexity index is 392. The summed E-state index contributed by atoms with van der Waals surface area (Å²) < 4.78 is 5.04. The van der Waals surface area contributed by atoms with Crippen LogP contribution in [0.3, 0.4) is 0 Å². The standard InChI is InChI=1S/C12H17ClN2O2/c1-8-11(17-7-15-8)12(16)14-6-9-3-2-4-10(13)5-9/h7,9-10H,2-6H2,1H3,(H,14,16). The molecule has 1 fully saturated rings. The SMILES string of the molecule is Cc1ncoc1C(=O)NCC1CCCC(Cl)C1. The maximum Gasteiger partial charge on any atom is 0.289 e. The Balaban J connectivity index is 1.82. The van der Waals surface area contributed by atoms with E-state index in [1.54, 1.807) is 6.92 Å². The van der Waals surface area contributed by atoms with E-state index >= 15 is 0 Å². The Kier molecular flexibility index (Phi) is 4.05. The van der Waals surface area contributed by atoms with Gasteiger partial charge < -0.3 is 9.73 Å². The van der Waals surface area contributed by atoms with Crippen molar-refractivity contribution in [2.24, 2.45) is 5.92 Å². The highest BCUT2D eigenvalue weighted by Crippen LogP contribution is 2.27. The lowest BCUT2D eigenvalue weighted by atomic mass is 9.89. The molecule has 1 aromatic heterocycles. The summed E-state index contributed by atoms with van der Waals surface area (Å²) in [5.41, 5.74) is 0.626. The molecule has 1 amide bonds. The number of carbonyl (C=O) groups excluding carboxylic acids is 1. The maximum atomic E-state index is 11.8. The molecule has 1 aliphatic rings. The van der Waals surface area contributed by atoms with Gasteiger partial charge in [-0.3, -0.25) is 4.79 Å². The molecule has 0 radical (unpaired) electrons. The van der Waals surface area contributed by atoms with Crippen LogP contribution in [0.15, 0.2) is 10.8 Å². The number of aromatic nitrogens is 1. The number of carbonyl (C=O) groups is 1. The fourth-order valence-electron chi connectivity index (χ4n) is 2.25. The third-order valence-corrected chi connectivity index (χ3v) is 3.62. The van der Waals surface area contributed by atoms with Gasteiger partial charge in [0.1, 0.15) is 0 Å². The third-order valence-electron chi connectivity index (χ3n) is 3.22. The minimum Gasteiger partial charge on any atom is -0.438 e. The minimum absolute atomic E-state index is 0.184. The van der Waals surface area contributed by atoms with Crippen molar-refractivity contribution in [3.05, 3.63) is 17.8 Å². The molecule has 1 aromatic rings. The fraction of sp³-hybridized carbons (Fsp3) is 0.667. The summed E-state index contributed by atoms with van der Waals surface area (Å²) in [6.45, 7) is 2.43. The summed E-state index contributed by atoms with van der Waals surface area (Å²) in [5, 5.41) is 3.15. The van der Waals surface area contributed by atoms with Gasteiger partial charge in [-0.2, -0.15) is 0 Å². The zero-order valence-corrected chi connectivity index (χ0v) is 10.7. The van der Waals surface area contributed by atoms with Gasteiger partial charge in [-0.05, 0) is 32.1 Å². The average Bonchev–Trinajstić information content (AvgIpc) is 2.72. The second-order valence-electron chi connectivity index (χ2n) is 4.61. The van der Waals surface area contributed by atoms with Gasteiger partial charge in [-0.1, -0.05) is 6.42 Å². The predicted molar refractivity (Wildman–Crippen MR) is 65.2 cm³/mol. The highest BCUT2D eigenvalue weighted by atomic mass is 35.5. The van der Waals surface area contributed by atoms with E-state index in [2.05, 4.69) is 10.3 Å². The number of rotatable bonds is 3. The number of alkyl halides is 1. The first-order chi connectivity index (χ1) is 8.16. The lowest BCUT2D eigenvalue weighted by molar-refractivity contribution is 0.0915. The summed E-state index contributed by atoms with van der Waals surface area (Å²) in [6.07, 6.45) is 5.65. The third kappa shape index (κ3) is 3.22. The molecule has 2 unspecified atom stereocenters. The topological polar surface area (TPSA) is 55.1 Å². The molecule has 0 bridgehead atoms. The smallest absolute Gasteiger partial charge is 0.289 e. The molecule has 2 rings (SSSR count). The summed E-state index contributed by atoms with van der Waals surface area (Å²) in [7, 11) is 0. The fourth-order valence-corrected chi connectivity index (χ4v) is 2.65. The first-order valence-corrected chi connectivity index (χ1v) is 6.43. The van der Waals surface area contributed by atoms with Crippen molar-refractivity contribution >= 4 is 17.5 Å². The molecule has 1 N–H and O–H groups in total. The number of amides is 1. The van der Waals surface area contributed by atoms with Crippen molar-refractivity contribution in [2.75, 3.05) is 6.54 Å². The Hall–Kier alpha value is -1.03. The molecule has 0 saturated heterocycles. The van der Waals surface area contributed by atoms with Crippen molar-refractivity contribution in [3.63, 3.8) is 0 Å². The van der Waals surface area contributed by atoms with E-state index in [0.29, 0.717) is 23.9 Å². The number of hydrogen-bond acceptors (Lipinski definition) is 3. The number of nitrogens with zero attached hydrogens (tertiary/aromatic N) is 1. The summed E-state index contributed by atoms with van der Waals surface area (Å²) >= 11 is 6.11. The van der Waals surface area contributed by atoms with E-state index in [-0.39, 0.29) is 11.3 Å². The Morgan fingerprint density at radius 1 is 1.65 bits per heavy atom. The van der Waals surface area contributed by atoms with Crippen molar-refractivity contribution in [1.29, 1.82) is 0 Å². The number of hydrogen-bond donors (Lipinski definition) is 1. The van der Waals surface area contributed by atoms with Crippen molar-refractivity contribution in [3.8, 4) is 0 Å². The van der Waals surface area contributed by atoms with E-state index in [1.165, 1.54) is 6.39 Å². The average molecular weight is 257 g/mol. The number of halogens is 1. The Labute approximate surface area is 106 Å². The van der Waals surface area contributed by atoms with Crippen LogP contribution in [0.25, 0.3) is 0 Å². The second kappa shape index (κ2) is 5.54. The second-order valence-corrected chi connectivity index (χ2v) is 5.22. The molecule has 4 nitrogen and oxygen atoms in total. The molecule has 1 heterocycles. The van der Waals surface area contributed by atoms with Crippen LogP contribution < -0.4 is 5.32 Å². The molecular formula is C12H17ClN2O2. The first kappa shape index (κ1) is 12.4. The van der Waals surface area contributed by atoms with E-state index in [0.717, 1.165) is 25.7 Å². The molecule has 94 valence electrons. The molecular weight excluding hydrogens is 240 g/mol. The van der Waals surface area contributed by atoms with Gasteiger partial charge in [0.25, 0.3) is 5.91 Å². The molecule has 0 spiro atoms. The van der Waals surface area contributed by atoms with Crippen LogP contribution in [0.4, 0.5) is 0 Å². The molecule has 0 aromatic carbocycles. The number of nitrogens with one attached hydrogen (secondary N) is 1. The van der Waals surface area contributed by atoms with Gasteiger partial charge in [0, 0.05) is 11.9 Å². The quantitative estimate of drug-likeness (QED) is 0.846. The van der Waals surface area contributed by atoms with Gasteiger partial charge >= 0.3 is 0 Å². The van der Waals surface area contributed by atoms with Crippen LogP contribution in [0.1, 0.15) is 41.9 Å². The molecule has 1 aliphatic carbocycles. The van der Waals surface area contributed by atoms with Crippen LogP contribution in [0, 0.1) is 12.8 Å². The van der Waals surface area contributed by atoms with Gasteiger partial charge in [0.15, 0.2) is 6.39 Å². The normalized spacial score (nSPS) is 24.6. The van der Waals surface area contributed by atoms with Crippen LogP contribution in [0.2, 0.25) is 0 Å². The van der Waals surface area contributed by atoms with Gasteiger partial charge in [0.05, 0.1) is 5.69 Å². The molecule has 17 heavy (non-hydrogen) atoms. The monoisotopic (exact) mass is 256 g/mol. The highest BCUT2D eigenvalue weighted by Gasteiger charge is 2.21. The lowest BCUT2D eigenvalue weighted by Gasteiger charge is -2.25. The molecule has 1 saturated carbocycles. The van der Waals surface area contributed by atoms with Gasteiger partial charge in [-0.15, -0.1) is 11.6 Å². The lowest BCUT2D eigenvalue weighted by Crippen LogP contribution is -2.32. The summed E-state index contributed by atoms with van der Waals surface area (Å²) in [5.74, 6) is 0.610. The summed E-state index contributed by atoms with van der Waals surface area (Å²) in [6, 6.07) is 0. The molecule has 5 heteroatoms. The highest BCUT2D eigenvalue weighted by molar-refractivity contribution is 6.20. The Morgan fingerprint density at radius 3 is 3.12 bits per heavy atom. The predicted octanol–water partition coefficient (Wildman–Crippen LogP) is 2.51. The van der Waals surface area contributed by atoms with Crippen molar-refractivity contribution in [2.45, 2.75) is 38.0 Å². The van der Waals surface area contributed by atoms with E-state index in [4.69, 9.17) is 16.0 Å². The van der Waals surface area contributed by atoms with E-state index in [1.807, 2.05) is 0 Å². The van der Waals surface area contributed by atoms with Crippen LogP contribution in [0.5, 0.6) is 0 Å². The number of aryl methyl sites for hydroxylation is 1. The minimum atomic E-state index is -0.184. The zero-order chi connectivity index (χ0) is 12.3. The van der Waals surface area contributed by atoms with E-state index in [9.17, 15) is 4.79 Å². The molecule has 0 aliphatic heterocycles. The first-order valence-electron chi connectivity index (χ1n) is 5.99. The van der Waals surface area contributed by atoms with Crippen LogP contribution in [-0.4, -0.2) is 22.8 Å². The largest absolute Gasteiger partial charge is 0.438 e. The zero-order valence-electron chi connectivity index (χ0n) is 9.91. The van der Waals surface area contributed by atoms with E-state index < -0.39 is 0 Å². The maximum absolute atomic E-state index is 11.8. The van der Waals surface area contributed by atoms with Crippen LogP contribution in [-0.2, 0) is 0 Å². The van der Waals surface area contributed by atoms with Gasteiger partial charge in [-0.25, -0.2) is 4.98 Å². The van der Waals surface area contributed by atoms with Crippen LogP contribution >= 0.6 is 11.6 Å². The number of oxazole rings is 1. The van der Waals surface area contributed by atoms with Crippen molar-refractivity contribution in [1.82, 2.24) is 10.3 Å². The Morgan fingerprint density at radius 2 is 2.47 bits per heavy atom. The van der Waals surface area contributed by atoms with Crippen molar-refractivity contribution < 1.29 is 9.21 Å². The van der Waals surface area contributed by atoms with Gasteiger partial charge in [0.2, 0.25) is 5.76 Å². The summed E-state index contributed by atoms with van der Waals surface area (Å²) in [4.78, 5) is 15.7. The molecule has 2 atom stereocenters.